The summed E-state index contributed by atoms with van der Waals surface area (Å²) in [7, 11) is -4.21. The first-order valence-electron chi connectivity index (χ1n) is 12.8. The third-order valence-corrected chi connectivity index (χ3v) is 9.62. The Morgan fingerprint density at radius 1 is 1.00 bits per heavy atom. The lowest BCUT2D eigenvalue weighted by Gasteiger charge is -2.31. The molecule has 0 aromatic heterocycles. The summed E-state index contributed by atoms with van der Waals surface area (Å²) in [6.45, 7) is 10.1. The van der Waals surface area contributed by atoms with Crippen LogP contribution in [0.2, 0.25) is 0 Å². The van der Waals surface area contributed by atoms with Crippen LogP contribution in [-0.2, 0) is 37.3 Å². The van der Waals surface area contributed by atoms with Crippen LogP contribution in [0.15, 0.2) is 23.9 Å². The van der Waals surface area contributed by atoms with Crippen molar-refractivity contribution in [2.24, 2.45) is 16.6 Å². The summed E-state index contributed by atoms with van der Waals surface area (Å²) < 4.78 is 35.5. The van der Waals surface area contributed by atoms with Crippen molar-refractivity contribution in [3.63, 3.8) is 0 Å². The van der Waals surface area contributed by atoms with Gasteiger partial charge in [-0.05, 0) is 6.08 Å². The molecule has 0 bridgehead atoms. The first-order chi connectivity index (χ1) is 18.4. The molecule has 15 heteroatoms. The zero-order valence-corrected chi connectivity index (χ0v) is 26.3. The van der Waals surface area contributed by atoms with E-state index in [1.165, 1.54) is 4.90 Å². The van der Waals surface area contributed by atoms with Gasteiger partial charge in [0, 0.05) is 34.1 Å². The number of aliphatic hydroxyl groups excluding tert-OH is 2. The van der Waals surface area contributed by atoms with E-state index >= 15 is 0 Å². The Bertz CT molecular complexity index is 986. The SMILES string of the molecule is CC(C)(C)C(=O)SCCOP(=O)(OCCSC(=O)C(C)(C)C)OCC1OC(N2C=CC=C(C(N)=O)C2)C(O)C1O. The molecule has 1 fully saturated rings. The van der Waals surface area contributed by atoms with Gasteiger partial charge in [-0.25, -0.2) is 4.57 Å². The average molecular weight is 625 g/mol. The van der Waals surface area contributed by atoms with Gasteiger partial charge in [0.1, 0.15) is 18.3 Å². The molecule has 0 spiro atoms. The first kappa shape index (κ1) is 35.0. The lowest BCUT2D eigenvalue weighted by molar-refractivity contribution is -0.118. The largest absolute Gasteiger partial charge is 0.474 e. The van der Waals surface area contributed by atoms with Gasteiger partial charge in [0.25, 0.3) is 0 Å². The smallest absolute Gasteiger partial charge is 0.387 e. The van der Waals surface area contributed by atoms with Crippen molar-refractivity contribution in [3.8, 4) is 0 Å². The minimum Gasteiger partial charge on any atom is -0.387 e. The molecule has 40 heavy (non-hydrogen) atoms. The Hall–Kier alpha value is -1.22. The Morgan fingerprint density at radius 3 is 2.00 bits per heavy atom. The van der Waals surface area contributed by atoms with Gasteiger partial charge in [-0.1, -0.05) is 71.1 Å². The fourth-order valence-electron chi connectivity index (χ4n) is 3.32. The van der Waals surface area contributed by atoms with Gasteiger partial charge in [-0.15, -0.1) is 0 Å². The lowest BCUT2D eigenvalue weighted by Crippen LogP contribution is -2.43. The van der Waals surface area contributed by atoms with Crippen molar-refractivity contribution >= 4 is 47.5 Å². The van der Waals surface area contributed by atoms with Crippen LogP contribution in [0, 0.1) is 10.8 Å². The number of primary amides is 1. The third kappa shape index (κ3) is 10.6. The molecular weight excluding hydrogens is 583 g/mol. The number of amides is 1. The molecule has 2 heterocycles. The molecule has 4 unspecified atom stereocenters. The van der Waals surface area contributed by atoms with Crippen LogP contribution in [0.4, 0.5) is 0 Å². The van der Waals surface area contributed by atoms with E-state index in [4.69, 9.17) is 24.0 Å². The highest BCUT2D eigenvalue weighted by molar-refractivity contribution is 8.14. The van der Waals surface area contributed by atoms with E-state index in [0.29, 0.717) is 5.57 Å². The van der Waals surface area contributed by atoms with Crippen molar-refractivity contribution in [2.75, 3.05) is 37.9 Å². The summed E-state index contributed by atoms with van der Waals surface area (Å²) in [5.74, 6) is -0.225. The van der Waals surface area contributed by atoms with Gasteiger partial charge in [0.05, 0.1) is 26.4 Å². The van der Waals surface area contributed by atoms with Gasteiger partial charge in [0.15, 0.2) is 16.5 Å². The van der Waals surface area contributed by atoms with E-state index in [2.05, 4.69) is 0 Å². The van der Waals surface area contributed by atoms with E-state index in [0.717, 1.165) is 23.5 Å². The van der Waals surface area contributed by atoms with Crippen molar-refractivity contribution in [3.05, 3.63) is 23.9 Å². The summed E-state index contributed by atoms with van der Waals surface area (Å²) in [6.07, 6.45) is -0.213. The number of nitrogens with two attached hydrogens (primary N) is 1. The number of phosphoric acid groups is 1. The maximum Gasteiger partial charge on any atom is 0.474 e. The van der Waals surface area contributed by atoms with Crippen LogP contribution in [0.1, 0.15) is 41.5 Å². The predicted octanol–water partition coefficient (Wildman–Crippen LogP) is 2.44. The summed E-state index contributed by atoms with van der Waals surface area (Å²) in [5.41, 5.74) is 4.54. The second-order valence-electron chi connectivity index (χ2n) is 11.3. The molecule has 2 aliphatic rings. The molecule has 2 rings (SSSR count). The van der Waals surface area contributed by atoms with E-state index < -0.39 is 55.7 Å². The fraction of sp³-hybridized carbons (Fsp3) is 0.720. The van der Waals surface area contributed by atoms with Gasteiger partial charge >= 0.3 is 7.82 Å². The van der Waals surface area contributed by atoms with Crippen molar-refractivity contribution < 1.29 is 47.5 Å². The molecule has 1 amide bonds. The van der Waals surface area contributed by atoms with Crippen LogP contribution >= 0.6 is 31.3 Å². The normalized spacial score (nSPS) is 23.8. The number of rotatable bonds is 13. The average Bonchev–Trinajstić information content (AvgIpc) is 3.15. The molecule has 0 aliphatic carbocycles. The number of phosphoric ester groups is 1. The second kappa shape index (κ2) is 14.8. The molecule has 228 valence electrons. The lowest BCUT2D eigenvalue weighted by atomic mass is 9.99. The van der Waals surface area contributed by atoms with E-state index in [-0.39, 0.29) is 41.5 Å². The number of carbonyl (C=O) groups is 3. The van der Waals surface area contributed by atoms with Gasteiger partial charge in [0.2, 0.25) is 5.91 Å². The number of hydrogen-bond donors (Lipinski definition) is 3. The topological polar surface area (TPSA) is 175 Å². The quantitative estimate of drug-likeness (QED) is 0.201. The van der Waals surface area contributed by atoms with Crippen molar-refractivity contribution in [1.29, 1.82) is 0 Å². The Labute approximate surface area is 244 Å². The number of nitrogens with zero attached hydrogens (tertiary/aromatic N) is 1. The molecule has 4 atom stereocenters. The van der Waals surface area contributed by atoms with Gasteiger partial charge in [-0.2, -0.15) is 0 Å². The molecule has 12 nitrogen and oxygen atoms in total. The maximum absolute atomic E-state index is 13.4. The summed E-state index contributed by atoms with van der Waals surface area (Å²) in [5, 5.41) is 21.0. The molecule has 2 aliphatic heterocycles. The molecule has 1 saturated heterocycles. The van der Waals surface area contributed by atoms with Crippen LogP contribution in [0.25, 0.3) is 0 Å². The number of hydrogen-bond acceptors (Lipinski definition) is 13. The molecular formula is C25H41N2O10PS2. The minimum atomic E-state index is -4.21. The standard InChI is InChI=1S/C25H41N2O10PS2/c1-24(2,3)22(31)39-12-10-34-38(33,35-11-13-40-23(32)25(4,5)6)36-15-17-18(28)19(29)21(37-17)27-9-7-8-16(14-27)20(26)30/h7-9,17-19,21,28-29H,10-15H2,1-6H3,(H2,26,30). The molecule has 0 radical (unpaired) electrons. The van der Waals surface area contributed by atoms with Crippen LogP contribution in [0.5, 0.6) is 0 Å². The molecule has 0 saturated carbocycles. The van der Waals surface area contributed by atoms with E-state index in [9.17, 15) is 29.2 Å². The second-order valence-corrected chi connectivity index (χ2v) is 15.1. The van der Waals surface area contributed by atoms with Gasteiger partial charge < -0.3 is 25.6 Å². The van der Waals surface area contributed by atoms with Gasteiger partial charge in [-0.3, -0.25) is 28.0 Å². The highest BCUT2D eigenvalue weighted by atomic mass is 32.2. The number of aliphatic hydroxyl groups is 2. The zero-order chi connectivity index (χ0) is 30.3. The third-order valence-electron chi connectivity index (χ3n) is 5.66. The van der Waals surface area contributed by atoms with Crippen LogP contribution in [0.3, 0.4) is 0 Å². The number of thioether (sulfide) groups is 2. The fourth-order valence-corrected chi connectivity index (χ4v) is 6.32. The molecule has 4 N–H and O–H groups in total. The monoisotopic (exact) mass is 624 g/mol. The number of ether oxygens (including phenoxy) is 1. The van der Waals surface area contributed by atoms with Crippen LogP contribution < -0.4 is 5.73 Å². The highest BCUT2D eigenvalue weighted by Gasteiger charge is 2.46. The van der Waals surface area contributed by atoms with Crippen molar-refractivity contribution in [1.82, 2.24) is 4.90 Å². The first-order valence-corrected chi connectivity index (χ1v) is 16.2. The zero-order valence-electron chi connectivity index (χ0n) is 23.7. The Balaban J connectivity index is 1.99. The van der Waals surface area contributed by atoms with E-state index in [1.807, 2.05) is 0 Å². The Morgan fingerprint density at radius 2 is 1.52 bits per heavy atom. The summed E-state index contributed by atoms with van der Waals surface area (Å²) in [6, 6.07) is 0. The highest BCUT2D eigenvalue weighted by Crippen LogP contribution is 2.50. The van der Waals surface area contributed by atoms with Crippen molar-refractivity contribution in [2.45, 2.75) is 66.1 Å². The maximum atomic E-state index is 13.4. The summed E-state index contributed by atoms with van der Waals surface area (Å²) >= 11 is 2.06. The minimum absolute atomic E-state index is 0.0616. The summed E-state index contributed by atoms with van der Waals surface area (Å²) in [4.78, 5) is 37.4. The van der Waals surface area contributed by atoms with Crippen LogP contribution in [-0.4, -0.2) is 93.7 Å². The number of carbonyl (C=O) groups excluding carboxylic acids is 3. The Kier molecular flexibility index (Phi) is 12.9. The number of allylic oxidation sites excluding steroid dienone is 2. The van der Waals surface area contributed by atoms with E-state index in [1.54, 1.807) is 59.9 Å². The molecule has 0 aromatic rings. The predicted molar refractivity (Wildman–Crippen MR) is 153 cm³/mol. The molecule has 0 aromatic carbocycles.